The van der Waals surface area contributed by atoms with Gasteiger partial charge in [0.25, 0.3) is 0 Å². The molecule has 0 aromatic carbocycles. The summed E-state index contributed by atoms with van der Waals surface area (Å²) in [6.07, 6.45) is 0. The molecule has 8 heavy (non-hydrogen) atoms. The zero-order valence-electron chi connectivity index (χ0n) is 4.46. The number of hydrogen-bond acceptors (Lipinski definition) is 4. The Balaban J connectivity index is 2.42. The van der Waals surface area contributed by atoms with Gasteiger partial charge in [0.1, 0.15) is 0 Å². The van der Waals surface area contributed by atoms with Gasteiger partial charge in [0, 0.05) is 11.8 Å². The molecule has 0 radical (unpaired) electrons. The van der Waals surface area contributed by atoms with Crippen LogP contribution in [0.1, 0.15) is 0 Å². The predicted molar refractivity (Wildman–Crippen MR) is 37.3 cm³/mol. The molecule has 0 amide bonds. The fraction of sp³-hybridized carbons (Fsp3) is 0.750. The lowest BCUT2D eigenvalue weighted by molar-refractivity contribution is 0.755. The van der Waals surface area contributed by atoms with Gasteiger partial charge in [0.05, 0.1) is 6.54 Å². The normalized spacial score (nSPS) is 28.6. The summed E-state index contributed by atoms with van der Waals surface area (Å²) in [6, 6.07) is 0. The van der Waals surface area contributed by atoms with E-state index in [1.54, 1.807) is 0 Å². The van der Waals surface area contributed by atoms with E-state index in [4.69, 9.17) is 5.73 Å². The number of hydrogen-bond donors (Lipinski definition) is 3. The monoisotopic (exact) mass is 131 g/mol. The molecule has 0 fully saturated rings. The van der Waals surface area contributed by atoms with Crippen LogP contribution in [0.15, 0.2) is 4.99 Å². The van der Waals surface area contributed by atoms with E-state index in [0.717, 1.165) is 13.1 Å². The number of nitrogens with one attached hydrogen (secondary N) is 1. The predicted octanol–water partition coefficient (Wildman–Crippen LogP) is -0.797. The summed E-state index contributed by atoms with van der Waals surface area (Å²) < 4.78 is 0. The van der Waals surface area contributed by atoms with Crippen LogP contribution in [0.25, 0.3) is 0 Å². The van der Waals surface area contributed by atoms with Crippen LogP contribution in [-0.2, 0) is 0 Å². The highest BCUT2D eigenvalue weighted by Crippen LogP contribution is 1.96. The minimum Gasteiger partial charge on any atom is -0.370 e. The molecule has 0 spiro atoms. The van der Waals surface area contributed by atoms with Crippen molar-refractivity contribution in [1.29, 1.82) is 0 Å². The van der Waals surface area contributed by atoms with Gasteiger partial charge in [-0.15, -0.1) is 0 Å². The Morgan fingerprint density at radius 2 is 2.62 bits per heavy atom. The zero-order chi connectivity index (χ0) is 5.98. The van der Waals surface area contributed by atoms with Gasteiger partial charge >= 0.3 is 0 Å². The molecule has 1 aliphatic rings. The first-order chi connectivity index (χ1) is 3.79. The fourth-order valence-corrected chi connectivity index (χ4v) is 0.719. The van der Waals surface area contributed by atoms with Crippen LogP contribution < -0.4 is 11.1 Å². The maximum absolute atomic E-state index is 5.30. The molecule has 46 valence electrons. The first kappa shape index (κ1) is 5.75. The molecule has 0 saturated carbocycles. The molecule has 3 nitrogen and oxygen atoms in total. The summed E-state index contributed by atoms with van der Waals surface area (Å²) in [5, 5.41) is 3.22. The Morgan fingerprint density at radius 3 is 3.00 bits per heavy atom. The molecule has 1 rings (SSSR count). The highest BCUT2D eigenvalue weighted by Gasteiger charge is 2.06. The van der Waals surface area contributed by atoms with Crippen LogP contribution in [-0.4, -0.2) is 24.3 Å². The number of aliphatic imine (C=N–C) groups is 1. The second-order valence-electron chi connectivity index (χ2n) is 1.76. The Morgan fingerprint density at radius 1 is 1.88 bits per heavy atom. The molecule has 4 heteroatoms. The van der Waals surface area contributed by atoms with Crippen molar-refractivity contribution < 1.29 is 0 Å². The molecule has 3 N–H and O–H groups in total. The van der Waals surface area contributed by atoms with Crippen LogP contribution in [0.4, 0.5) is 0 Å². The number of nitrogens with zero attached hydrogens (tertiary/aromatic N) is 1. The van der Waals surface area contributed by atoms with Crippen molar-refractivity contribution in [3.8, 4) is 0 Å². The first-order valence-electron chi connectivity index (χ1n) is 2.51. The van der Waals surface area contributed by atoms with Gasteiger partial charge in [0.15, 0.2) is 5.96 Å². The van der Waals surface area contributed by atoms with E-state index in [9.17, 15) is 0 Å². The maximum Gasteiger partial charge on any atom is 0.188 e. The lowest BCUT2D eigenvalue weighted by Gasteiger charge is -2.15. The van der Waals surface area contributed by atoms with Crippen LogP contribution >= 0.6 is 12.6 Å². The lowest BCUT2D eigenvalue weighted by atomic mass is 10.4. The lowest BCUT2D eigenvalue weighted by Crippen LogP contribution is -2.41. The van der Waals surface area contributed by atoms with Crippen molar-refractivity contribution in [3.63, 3.8) is 0 Å². The number of thiol groups is 1. The molecule has 1 heterocycles. The van der Waals surface area contributed by atoms with Gasteiger partial charge in [-0.2, -0.15) is 12.6 Å². The highest BCUT2D eigenvalue weighted by atomic mass is 32.1. The fourth-order valence-electron chi connectivity index (χ4n) is 0.547. The third-order valence-corrected chi connectivity index (χ3v) is 1.34. The molecule has 1 atom stereocenters. The van der Waals surface area contributed by atoms with Crippen LogP contribution in [0.2, 0.25) is 0 Å². The van der Waals surface area contributed by atoms with Gasteiger partial charge in [0.2, 0.25) is 0 Å². The quantitative estimate of drug-likeness (QED) is 0.377. The van der Waals surface area contributed by atoms with Crippen molar-refractivity contribution in [2.24, 2.45) is 10.7 Å². The molecule has 1 unspecified atom stereocenters. The summed E-state index contributed by atoms with van der Waals surface area (Å²) in [6.45, 7) is 1.57. The van der Waals surface area contributed by atoms with Crippen molar-refractivity contribution in [1.82, 2.24) is 5.32 Å². The summed E-state index contributed by atoms with van der Waals surface area (Å²) in [5.41, 5.74) is 5.30. The topological polar surface area (TPSA) is 50.4 Å². The second kappa shape index (κ2) is 2.26. The van der Waals surface area contributed by atoms with Crippen LogP contribution in [0.5, 0.6) is 0 Å². The molecular formula is C4H9N3S. The van der Waals surface area contributed by atoms with Crippen molar-refractivity contribution >= 4 is 18.6 Å². The van der Waals surface area contributed by atoms with E-state index >= 15 is 0 Å². The minimum absolute atomic E-state index is 0.335. The maximum atomic E-state index is 5.30. The van der Waals surface area contributed by atoms with Crippen LogP contribution in [0.3, 0.4) is 0 Å². The summed E-state index contributed by atoms with van der Waals surface area (Å²) in [5.74, 6) is 0.537. The average molecular weight is 131 g/mol. The van der Waals surface area contributed by atoms with Crippen LogP contribution in [0, 0.1) is 0 Å². The van der Waals surface area contributed by atoms with Gasteiger partial charge < -0.3 is 11.1 Å². The Hall–Kier alpha value is -0.380. The van der Waals surface area contributed by atoms with E-state index in [0.29, 0.717) is 11.2 Å². The second-order valence-corrected chi connectivity index (χ2v) is 2.49. The highest BCUT2D eigenvalue weighted by molar-refractivity contribution is 7.81. The summed E-state index contributed by atoms with van der Waals surface area (Å²) >= 11 is 4.18. The SMILES string of the molecule is NC1=NCC(S)CN1. The number of nitrogens with two attached hydrogens (primary N) is 1. The minimum atomic E-state index is 0.335. The van der Waals surface area contributed by atoms with Gasteiger partial charge in [-0.05, 0) is 0 Å². The summed E-state index contributed by atoms with van der Waals surface area (Å²) in [4.78, 5) is 3.92. The largest absolute Gasteiger partial charge is 0.370 e. The summed E-state index contributed by atoms with van der Waals surface area (Å²) in [7, 11) is 0. The standard InChI is InChI=1S/C4H9N3S/c5-4-6-1-3(8)2-7-4/h3,8H,1-2H2,(H3,5,6,7). The van der Waals surface area contributed by atoms with E-state index < -0.39 is 0 Å². The molecule has 0 saturated heterocycles. The first-order valence-corrected chi connectivity index (χ1v) is 3.02. The van der Waals surface area contributed by atoms with Gasteiger partial charge in [-0.3, -0.25) is 4.99 Å². The molecule has 0 aromatic rings. The molecular weight excluding hydrogens is 122 g/mol. The molecule has 1 aliphatic heterocycles. The number of rotatable bonds is 0. The Kier molecular flexibility index (Phi) is 1.62. The van der Waals surface area contributed by atoms with Crippen molar-refractivity contribution in [3.05, 3.63) is 0 Å². The number of guanidine groups is 1. The van der Waals surface area contributed by atoms with E-state index in [1.807, 2.05) is 0 Å². The zero-order valence-corrected chi connectivity index (χ0v) is 5.36. The van der Waals surface area contributed by atoms with Crippen molar-refractivity contribution in [2.45, 2.75) is 5.25 Å². The van der Waals surface area contributed by atoms with Crippen molar-refractivity contribution in [2.75, 3.05) is 13.1 Å². The molecule has 0 aliphatic carbocycles. The molecule has 0 bridgehead atoms. The molecule has 0 aromatic heterocycles. The van der Waals surface area contributed by atoms with Gasteiger partial charge in [-0.25, -0.2) is 0 Å². The van der Waals surface area contributed by atoms with E-state index in [-0.39, 0.29) is 0 Å². The smallest absolute Gasteiger partial charge is 0.188 e. The van der Waals surface area contributed by atoms with Gasteiger partial charge in [-0.1, -0.05) is 0 Å². The Bertz CT molecular complexity index is 112. The average Bonchev–Trinajstić information content (AvgIpc) is 1.77. The van der Waals surface area contributed by atoms with E-state index in [2.05, 4.69) is 22.9 Å². The van der Waals surface area contributed by atoms with E-state index in [1.165, 1.54) is 0 Å². The Labute approximate surface area is 53.8 Å². The third-order valence-electron chi connectivity index (χ3n) is 0.991. The third kappa shape index (κ3) is 1.30.